The molecular formula is C28H27NO4. The first kappa shape index (κ1) is 22.3. The van der Waals surface area contributed by atoms with Crippen LogP contribution in [0.4, 0.5) is 5.69 Å². The van der Waals surface area contributed by atoms with Crippen molar-refractivity contribution in [1.29, 1.82) is 0 Å². The first-order chi connectivity index (χ1) is 15.8. The van der Waals surface area contributed by atoms with E-state index in [1.807, 2.05) is 68.4 Å². The molecular weight excluding hydrogens is 414 g/mol. The number of carbonyl (C=O) groups excluding carboxylic acids is 2. The minimum atomic E-state index is -0.785. The van der Waals surface area contributed by atoms with Gasteiger partial charge in [0, 0.05) is 11.3 Å². The lowest BCUT2D eigenvalue weighted by atomic mass is 9.93. The molecule has 3 aromatic rings. The quantitative estimate of drug-likeness (QED) is 0.322. The molecule has 1 heterocycles. The molecule has 168 valence electrons. The zero-order valence-corrected chi connectivity index (χ0v) is 19.3. The molecule has 1 atom stereocenters. The number of carbonyl (C=O) groups is 2. The monoisotopic (exact) mass is 441 g/mol. The number of aryl methyl sites for hydroxylation is 3. The molecule has 0 aliphatic carbocycles. The van der Waals surface area contributed by atoms with Gasteiger partial charge in [-0.05, 0) is 67.3 Å². The molecule has 3 aromatic carbocycles. The minimum absolute atomic E-state index is 0.0709. The molecule has 33 heavy (non-hydrogen) atoms. The Morgan fingerprint density at radius 2 is 1.73 bits per heavy atom. The molecule has 5 nitrogen and oxygen atoms in total. The number of benzene rings is 3. The summed E-state index contributed by atoms with van der Waals surface area (Å²) >= 11 is 0. The average molecular weight is 442 g/mol. The van der Waals surface area contributed by atoms with Gasteiger partial charge < -0.3 is 9.84 Å². The van der Waals surface area contributed by atoms with Gasteiger partial charge in [0.25, 0.3) is 11.7 Å². The second kappa shape index (κ2) is 8.94. The Balaban J connectivity index is 1.97. The van der Waals surface area contributed by atoms with E-state index in [-0.39, 0.29) is 11.3 Å². The number of amides is 1. The molecule has 4 rings (SSSR count). The standard InChI is InChI=1S/C28H27NO4/c1-5-19-11-13-21(14-12-19)29-25(20-7-6-8-22(16-20)33-4)24(27(31)28(29)32)26(30)23-15-17(2)9-10-18(23)3/h6-16,25,30H,5H2,1-4H3/b26-24+. The van der Waals surface area contributed by atoms with Crippen LogP contribution in [0.3, 0.4) is 0 Å². The molecule has 0 saturated carbocycles. The van der Waals surface area contributed by atoms with Gasteiger partial charge in [-0.3, -0.25) is 14.5 Å². The zero-order chi connectivity index (χ0) is 23.7. The number of ketones is 1. The van der Waals surface area contributed by atoms with Crippen molar-refractivity contribution in [2.75, 3.05) is 12.0 Å². The number of aliphatic hydroxyl groups excluding tert-OH is 1. The summed E-state index contributed by atoms with van der Waals surface area (Å²) in [6.45, 7) is 5.85. The van der Waals surface area contributed by atoms with E-state index in [2.05, 4.69) is 6.92 Å². The molecule has 1 unspecified atom stereocenters. The van der Waals surface area contributed by atoms with Crippen LogP contribution < -0.4 is 9.64 Å². The lowest BCUT2D eigenvalue weighted by Crippen LogP contribution is -2.29. The molecule has 0 radical (unpaired) electrons. The Morgan fingerprint density at radius 1 is 1.00 bits per heavy atom. The predicted octanol–water partition coefficient (Wildman–Crippen LogP) is 5.50. The SMILES string of the molecule is CCc1ccc(N2C(=O)C(=O)/C(=C(/O)c3cc(C)ccc3C)C2c2cccc(OC)c2)cc1. The summed E-state index contributed by atoms with van der Waals surface area (Å²) in [4.78, 5) is 28.1. The van der Waals surface area contributed by atoms with Crippen LogP contribution in [-0.2, 0) is 16.0 Å². The van der Waals surface area contributed by atoms with Gasteiger partial charge in [0.15, 0.2) is 0 Å². The van der Waals surface area contributed by atoms with Crippen LogP contribution in [0.15, 0.2) is 72.3 Å². The van der Waals surface area contributed by atoms with E-state index >= 15 is 0 Å². The van der Waals surface area contributed by atoms with E-state index < -0.39 is 17.7 Å². The Bertz CT molecular complexity index is 1260. The molecule has 1 aliphatic heterocycles. The summed E-state index contributed by atoms with van der Waals surface area (Å²) < 4.78 is 5.39. The molecule has 5 heteroatoms. The molecule has 0 aromatic heterocycles. The Labute approximate surface area is 193 Å². The Kier molecular flexibility index (Phi) is 6.05. The molecule has 1 fully saturated rings. The van der Waals surface area contributed by atoms with E-state index in [0.29, 0.717) is 22.6 Å². The summed E-state index contributed by atoms with van der Waals surface area (Å²) in [6.07, 6.45) is 0.866. The highest BCUT2D eigenvalue weighted by atomic mass is 16.5. The third-order valence-electron chi connectivity index (χ3n) is 6.12. The molecule has 1 aliphatic rings. The summed E-state index contributed by atoms with van der Waals surface area (Å²) in [5.74, 6) is -0.944. The fourth-order valence-corrected chi connectivity index (χ4v) is 4.25. The molecule has 1 saturated heterocycles. The van der Waals surface area contributed by atoms with Crippen molar-refractivity contribution in [3.63, 3.8) is 0 Å². The van der Waals surface area contributed by atoms with Crippen LogP contribution in [0.25, 0.3) is 5.76 Å². The number of rotatable bonds is 5. The molecule has 0 bridgehead atoms. The van der Waals surface area contributed by atoms with Crippen LogP contribution in [-0.4, -0.2) is 23.9 Å². The molecule has 0 spiro atoms. The number of methoxy groups -OCH3 is 1. The van der Waals surface area contributed by atoms with Crippen LogP contribution in [0.1, 0.15) is 40.8 Å². The molecule has 1 amide bonds. The number of anilines is 1. The second-order valence-corrected chi connectivity index (χ2v) is 8.28. The third-order valence-corrected chi connectivity index (χ3v) is 6.12. The van der Waals surface area contributed by atoms with Gasteiger partial charge in [-0.25, -0.2) is 0 Å². The van der Waals surface area contributed by atoms with Gasteiger partial charge >= 0.3 is 0 Å². The zero-order valence-electron chi connectivity index (χ0n) is 19.3. The fraction of sp³-hybridized carbons (Fsp3) is 0.214. The number of Topliss-reactive ketones (excluding diaryl/α,β-unsaturated/α-hetero) is 1. The van der Waals surface area contributed by atoms with E-state index in [1.54, 1.807) is 19.2 Å². The average Bonchev–Trinajstić information content (AvgIpc) is 3.10. The number of hydrogen-bond donors (Lipinski definition) is 1. The molecule has 1 N–H and O–H groups in total. The Morgan fingerprint density at radius 3 is 2.39 bits per heavy atom. The summed E-state index contributed by atoms with van der Waals surface area (Å²) in [6, 6.07) is 19.7. The van der Waals surface area contributed by atoms with Crippen molar-refractivity contribution in [3.8, 4) is 5.75 Å². The van der Waals surface area contributed by atoms with E-state index in [9.17, 15) is 14.7 Å². The van der Waals surface area contributed by atoms with Gasteiger partial charge in [0.1, 0.15) is 11.5 Å². The van der Waals surface area contributed by atoms with Crippen molar-refractivity contribution in [1.82, 2.24) is 0 Å². The van der Waals surface area contributed by atoms with Crippen molar-refractivity contribution < 1.29 is 19.4 Å². The van der Waals surface area contributed by atoms with Crippen molar-refractivity contribution in [2.24, 2.45) is 0 Å². The summed E-state index contributed by atoms with van der Waals surface area (Å²) in [5.41, 5.74) is 4.79. The highest BCUT2D eigenvalue weighted by Gasteiger charge is 2.47. The number of nitrogens with zero attached hydrogens (tertiary/aromatic N) is 1. The van der Waals surface area contributed by atoms with Gasteiger partial charge in [0.05, 0.1) is 18.7 Å². The third kappa shape index (κ3) is 4.02. The van der Waals surface area contributed by atoms with E-state index in [0.717, 1.165) is 23.1 Å². The first-order valence-corrected chi connectivity index (χ1v) is 11.0. The van der Waals surface area contributed by atoms with Crippen molar-refractivity contribution in [2.45, 2.75) is 33.2 Å². The van der Waals surface area contributed by atoms with Gasteiger partial charge in [-0.1, -0.05) is 48.9 Å². The second-order valence-electron chi connectivity index (χ2n) is 8.28. The van der Waals surface area contributed by atoms with Crippen molar-refractivity contribution in [3.05, 3.63) is 100 Å². The highest BCUT2D eigenvalue weighted by molar-refractivity contribution is 6.51. The van der Waals surface area contributed by atoms with Crippen LogP contribution in [0, 0.1) is 13.8 Å². The normalized spacial score (nSPS) is 17.5. The largest absolute Gasteiger partial charge is 0.507 e. The number of aliphatic hydroxyl groups is 1. The van der Waals surface area contributed by atoms with Gasteiger partial charge in [0.2, 0.25) is 0 Å². The highest BCUT2D eigenvalue weighted by Crippen LogP contribution is 2.43. The van der Waals surface area contributed by atoms with Crippen LogP contribution in [0.2, 0.25) is 0 Å². The van der Waals surface area contributed by atoms with Crippen LogP contribution >= 0.6 is 0 Å². The fourth-order valence-electron chi connectivity index (χ4n) is 4.25. The lowest BCUT2D eigenvalue weighted by Gasteiger charge is -2.26. The van der Waals surface area contributed by atoms with E-state index in [4.69, 9.17) is 4.74 Å². The van der Waals surface area contributed by atoms with Gasteiger partial charge in [-0.2, -0.15) is 0 Å². The number of hydrogen-bond acceptors (Lipinski definition) is 4. The number of ether oxygens (including phenoxy) is 1. The topological polar surface area (TPSA) is 66.8 Å². The smallest absolute Gasteiger partial charge is 0.300 e. The lowest BCUT2D eigenvalue weighted by molar-refractivity contribution is -0.132. The summed E-state index contributed by atoms with van der Waals surface area (Å²) in [5, 5.41) is 11.4. The van der Waals surface area contributed by atoms with Crippen molar-refractivity contribution >= 4 is 23.1 Å². The Hall–Kier alpha value is -3.86. The summed E-state index contributed by atoms with van der Waals surface area (Å²) in [7, 11) is 1.57. The predicted molar refractivity (Wildman–Crippen MR) is 130 cm³/mol. The maximum atomic E-state index is 13.3. The minimum Gasteiger partial charge on any atom is -0.507 e. The first-order valence-electron chi connectivity index (χ1n) is 11.0. The maximum absolute atomic E-state index is 13.3. The van der Waals surface area contributed by atoms with Gasteiger partial charge in [-0.15, -0.1) is 0 Å². The van der Waals surface area contributed by atoms with E-state index in [1.165, 1.54) is 4.90 Å². The maximum Gasteiger partial charge on any atom is 0.300 e. The van der Waals surface area contributed by atoms with Crippen LogP contribution in [0.5, 0.6) is 5.75 Å².